The fourth-order valence-electron chi connectivity index (χ4n) is 5.32. The van der Waals surface area contributed by atoms with Crippen molar-refractivity contribution in [2.24, 2.45) is 0 Å². The molecule has 10 nitrogen and oxygen atoms in total. The molecule has 0 spiro atoms. The number of anilines is 1. The van der Waals surface area contributed by atoms with Gasteiger partial charge in [0.1, 0.15) is 0 Å². The Hall–Kier alpha value is -3.86. The molecule has 0 amide bonds. The Morgan fingerprint density at radius 2 is 1.89 bits per heavy atom. The van der Waals surface area contributed by atoms with E-state index in [-0.39, 0.29) is 6.04 Å². The summed E-state index contributed by atoms with van der Waals surface area (Å²) in [6.07, 6.45) is 4.88. The minimum absolute atomic E-state index is 0.0621. The van der Waals surface area contributed by atoms with Gasteiger partial charge >= 0.3 is 200 Å². The van der Waals surface area contributed by atoms with Crippen molar-refractivity contribution >= 4 is 34.6 Å². The predicted octanol–water partition coefficient (Wildman–Crippen LogP) is 2.04. The van der Waals surface area contributed by atoms with Gasteiger partial charge < -0.3 is 0 Å². The molecule has 4 aromatic rings. The molecule has 188 valence electrons. The van der Waals surface area contributed by atoms with Gasteiger partial charge in [0.15, 0.2) is 0 Å². The zero-order valence-electron chi connectivity index (χ0n) is 20.8. The quantitative estimate of drug-likeness (QED) is 0.427. The van der Waals surface area contributed by atoms with Gasteiger partial charge in [0.05, 0.1) is 0 Å². The molecule has 4 aromatic heterocycles. The Bertz CT molecular complexity index is 1600. The average molecular weight is 497 g/mol. The topological polar surface area (TPSA) is 109 Å². The van der Waals surface area contributed by atoms with Crippen LogP contribution in [0.15, 0.2) is 52.4 Å². The maximum atomic E-state index is 13.2. The van der Waals surface area contributed by atoms with Crippen molar-refractivity contribution < 1.29 is 4.74 Å². The van der Waals surface area contributed by atoms with Crippen molar-refractivity contribution in [3.05, 3.63) is 63.6 Å². The normalized spacial score (nSPS) is 16.9. The number of fused-ring (bicyclic) bond motifs is 3. The molecule has 2 fully saturated rings. The van der Waals surface area contributed by atoms with E-state index in [4.69, 9.17) is 9.72 Å². The average Bonchev–Trinajstić information content (AvgIpc) is 2.93. The van der Waals surface area contributed by atoms with E-state index in [0.29, 0.717) is 40.8 Å². The van der Waals surface area contributed by atoms with Crippen molar-refractivity contribution in [2.75, 3.05) is 44.3 Å². The zero-order valence-corrected chi connectivity index (χ0v) is 20.8. The summed E-state index contributed by atoms with van der Waals surface area (Å²) >= 11 is 0. The fraction of sp³-hybridized carbons (Fsp3) is 0.385. The fourth-order valence-corrected chi connectivity index (χ4v) is 5.32. The van der Waals surface area contributed by atoms with Gasteiger partial charge in [-0.3, -0.25) is 0 Å². The number of likely N-dealkylation sites (tertiary alicyclic amines) is 1. The number of nitrogens with zero attached hydrogens (tertiary/aromatic N) is 6. The molecule has 6 heterocycles. The van der Waals surface area contributed by atoms with Gasteiger partial charge in [0, 0.05) is 0 Å². The van der Waals surface area contributed by atoms with Crippen LogP contribution >= 0.6 is 0 Å². The summed E-state index contributed by atoms with van der Waals surface area (Å²) in [4.78, 5) is 46.9. The van der Waals surface area contributed by atoms with Crippen LogP contribution in [-0.4, -0.2) is 75.7 Å². The van der Waals surface area contributed by atoms with Crippen LogP contribution in [0.5, 0.6) is 0 Å². The molecule has 1 N–H and O–H groups in total. The molecule has 0 atom stereocenters. The third kappa shape index (κ3) is 4.33. The monoisotopic (exact) mass is 497 g/mol. The molecule has 0 aromatic carbocycles. The number of rotatable bonds is 4. The summed E-state index contributed by atoms with van der Waals surface area (Å²) in [6.45, 7) is 12.7. The second-order valence-corrected chi connectivity index (χ2v) is 9.67. The summed E-state index contributed by atoms with van der Waals surface area (Å²) in [5, 5.41) is 0.361. The summed E-state index contributed by atoms with van der Waals surface area (Å²) < 4.78 is 7.15. The van der Waals surface area contributed by atoms with Crippen molar-refractivity contribution in [1.82, 2.24) is 29.4 Å². The van der Waals surface area contributed by atoms with Crippen LogP contribution in [0.3, 0.4) is 0 Å². The van der Waals surface area contributed by atoms with Gasteiger partial charge in [-0.1, -0.05) is 6.58 Å². The number of nitrogens with one attached hydrogen (secondary N) is 1. The number of piperidine rings is 1. The Labute approximate surface area is 213 Å². The first-order valence-corrected chi connectivity index (χ1v) is 12.6. The summed E-state index contributed by atoms with van der Waals surface area (Å²) in [5.41, 5.74) is 4.32. The number of pyridine rings is 2. The second-order valence-electron chi connectivity index (χ2n) is 9.67. The molecular weight excluding hydrogens is 469 g/mol. The molecule has 0 radical (unpaired) electrons. The van der Waals surface area contributed by atoms with Crippen molar-refractivity contribution in [2.45, 2.75) is 25.8 Å². The van der Waals surface area contributed by atoms with Crippen LogP contribution in [0.4, 0.5) is 5.71 Å². The first kappa shape index (κ1) is 23.5. The first-order chi connectivity index (χ1) is 18.0. The van der Waals surface area contributed by atoms with Crippen LogP contribution in [0.1, 0.15) is 25.8 Å². The van der Waals surface area contributed by atoms with Gasteiger partial charge in [-0.25, -0.2) is 0 Å². The van der Waals surface area contributed by atoms with Gasteiger partial charge in [-0.15, -0.1) is 0 Å². The number of morpholine rings is 1. The molecular formula is C26H28BN7O3. The van der Waals surface area contributed by atoms with E-state index < -0.39 is 11.2 Å². The molecule has 0 saturated carbocycles. The van der Waals surface area contributed by atoms with Gasteiger partial charge in [-0.05, 0) is 6.92 Å². The van der Waals surface area contributed by atoms with Crippen LogP contribution in [0, 0.1) is 0 Å². The number of H-pyrrole nitrogens is 1. The molecule has 2 aliphatic rings. The standard InChI is InChI=1S/C26H28BN7O3/c1-16(2)32-7-5-18(6-8-32)34-23-19(24(35)31-26(34)36)15-28-21-4-3-20(30-22(21)23)17-13-27-25(29-14-17)33-9-11-37-12-10-33/h3-4,13-15,18H,1,5-12H2,2H3,(H,31,35,36). The van der Waals surface area contributed by atoms with E-state index in [1.54, 1.807) is 4.57 Å². The molecule has 0 unspecified atom stereocenters. The third-order valence-electron chi connectivity index (χ3n) is 7.36. The minimum atomic E-state index is -0.450. The van der Waals surface area contributed by atoms with Crippen molar-refractivity contribution in [3.8, 4) is 11.3 Å². The number of aromatic nitrogens is 5. The first-order valence-electron chi connectivity index (χ1n) is 12.6. The van der Waals surface area contributed by atoms with Crippen LogP contribution in [0.2, 0.25) is 0 Å². The van der Waals surface area contributed by atoms with Crippen LogP contribution < -0.4 is 16.1 Å². The van der Waals surface area contributed by atoms with Crippen molar-refractivity contribution in [3.63, 3.8) is 0 Å². The molecule has 37 heavy (non-hydrogen) atoms. The molecule has 2 aliphatic heterocycles. The SMILES string of the molecule is C=C(C)N1CCC(n2c(=O)[nH]c(=O)c3cnc4ccc(-c5cbc(N6CCOCC6)nc5)nc4c32)CC1. The molecule has 6 rings (SSSR count). The van der Waals surface area contributed by atoms with E-state index in [9.17, 15) is 9.59 Å². The second kappa shape index (κ2) is 9.55. The van der Waals surface area contributed by atoms with E-state index in [0.717, 1.165) is 56.0 Å². The van der Waals surface area contributed by atoms with E-state index >= 15 is 0 Å². The Morgan fingerprint density at radius 3 is 2.59 bits per heavy atom. The van der Waals surface area contributed by atoms with E-state index in [2.05, 4.69) is 31.3 Å². The predicted molar refractivity (Wildman–Crippen MR) is 144 cm³/mol. The summed E-state index contributed by atoms with van der Waals surface area (Å²) in [6, 6.07) is 3.72. The Balaban J connectivity index is 1.45. The number of ether oxygens (including phenoxy) is 1. The maximum absolute atomic E-state index is 13.2. The number of hydrogen-bond acceptors (Lipinski definition) is 8. The Kier molecular flexibility index (Phi) is 6.07. The Morgan fingerprint density at radius 1 is 1.11 bits per heavy atom. The molecule has 11 heteroatoms. The molecule has 0 bridgehead atoms. The van der Waals surface area contributed by atoms with Gasteiger partial charge in [-0.2, -0.15) is 0 Å². The summed E-state index contributed by atoms with van der Waals surface area (Å²) in [7, 11) is 0. The van der Waals surface area contributed by atoms with Gasteiger partial charge in [0.2, 0.25) is 0 Å². The molecule has 2 saturated heterocycles. The summed E-state index contributed by atoms with van der Waals surface area (Å²) in [5.74, 6) is 2.00. The van der Waals surface area contributed by atoms with Crippen molar-refractivity contribution in [1.29, 1.82) is 0 Å². The van der Waals surface area contributed by atoms with Crippen LogP contribution in [0.25, 0.3) is 33.2 Å². The number of aromatic amines is 1. The zero-order chi connectivity index (χ0) is 25.5. The third-order valence-corrected chi connectivity index (χ3v) is 7.36. The molecule has 0 aliphatic carbocycles. The van der Waals surface area contributed by atoms with Crippen LogP contribution in [-0.2, 0) is 4.74 Å². The van der Waals surface area contributed by atoms with Gasteiger partial charge in [0.25, 0.3) is 0 Å². The number of hydrogen-bond donors (Lipinski definition) is 1. The van der Waals surface area contributed by atoms with E-state index in [1.165, 1.54) is 6.20 Å². The van der Waals surface area contributed by atoms with E-state index in [1.807, 2.05) is 38.1 Å². The number of allylic oxidation sites excluding steroid dienone is 1.